The Morgan fingerprint density at radius 1 is 1.40 bits per heavy atom. The van der Waals surface area contributed by atoms with Crippen LogP contribution >= 0.6 is 0 Å². The predicted molar refractivity (Wildman–Crippen MR) is 80.0 cm³/mol. The van der Waals surface area contributed by atoms with Gasteiger partial charge in [-0.15, -0.1) is 0 Å². The summed E-state index contributed by atoms with van der Waals surface area (Å²) < 4.78 is 5.71. The Bertz CT molecular complexity index is 431. The number of carbonyl (C=O) groups is 1. The van der Waals surface area contributed by atoms with Gasteiger partial charge in [0.05, 0.1) is 6.61 Å². The van der Waals surface area contributed by atoms with Crippen LogP contribution in [0.3, 0.4) is 0 Å². The van der Waals surface area contributed by atoms with Crippen LogP contribution in [0.1, 0.15) is 25.3 Å². The van der Waals surface area contributed by atoms with Gasteiger partial charge in [-0.05, 0) is 44.0 Å². The number of rotatable bonds is 7. The summed E-state index contributed by atoms with van der Waals surface area (Å²) in [5, 5.41) is 0. The van der Waals surface area contributed by atoms with Crippen molar-refractivity contribution in [2.75, 3.05) is 26.2 Å². The molecule has 0 aromatic heterocycles. The molecule has 110 valence electrons. The van der Waals surface area contributed by atoms with E-state index in [9.17, 15) is 4.79 Å². The number of benzene rings is 1. The number of Topliss-reactive ketones (excluding diaryl/α,β-unsaturated/α-hetero) is 1. The average molecular weight is 276 g/mol. The summed E-state index contributed by atoms with van der Waals surface area (Å²) in [6, 6.07) is 8.13. The molecule has 0 aliphatic carbocycles. The van der Waals surface area contributed by atoms with Crippen molar-refractivity contribution < 1.29 is 9.53 Å². The first-order valence-electron chi connectivity index (χ1n) is 7.32. The molecular formula is C16H24N2O2. The largest absolute Gasteiger partial charge is 0.494 e. The highest BCUT2D eigenvalue weighted by Gasteiger charge is 2.17. The molecule has 0 saturated carbocycles. The van der Waals surface area contributed by atoms with Crippen LogP contribution in [0.5, 0.6) is 5.75 Å². The fourth-order valence-corrected chi connectivity index (χ4v) is 2.53. The minimum absolute atomic E-state index is 0.183. The van der Waals surface area contributed by atoms with Crippen LogP contribution in [0.2, 0.25) is 0 Å². The number of likely N-dealkylation sites (tertiary alicyclic amines) is 1. The molecule has 1 aromatic rings. The first-order valence-corrected chi connectivity index (χ1v) is 7.32. The standard InChI is InChI=1S/C16H24N2O2/c1-13(19)11-14-3-5-16(6-4-14)20-10-2-8-18-9-7-15(17)12-18/h3-6,15H,2,7-12,17H2,1H3/t15-/m1/s1. The van der Waals surface area contributed by atoms with Crippen molar-refractivity contribution in [1.82, 2.24) is 4.90 Å². The Hall–Kier alpha value is -1.39. The van der Waals surface area contributed by atoms with Crippen molar-refractivity contribution in [2.24, 2.45) is 5.73 Å². The Labute approximate surface area is 120 Å². The molecule has 2 rings (SSSR count). The summed E-state index contributed by atoms with van der Waals surface area (Å²) in [5.41, 5.74) is 6.91. The molecule has 0 bridgehead atoms. The maximum Gasteiger partial charge on any atom is 0.134 e. The topological polar surface area (TPSA) is 55.6 Å². The molecule has 1 aliphatic heterocycles. The van der Waals surface area contributed by atoms with Gasteiger partial charge < -0.3 is 15.4 Å². The third-order valence-corrected chi connectivity index (χ3v) is 3.57. The van der Waals surface area contributed by atoms with E-state index in [-0.39, 0.29) is 5.78 Å². The Balaban J connectivity index is 1.65. The van der Waals surface area contributed by atoms with Gasteiger partial charge in [-0.1, -0.05) is 12.1 Å². The molecule has 0 spiro atoms. The van der Waals surface area contributed by atoms with E-state index in [1.54, 1.807) is 6.92 Å². The van der Waals surface area contributed by atoms with Gasteiger partial charge in [0.25, 0.3) is 0 Å². The van der Waals surface area contributed by atoms with E-state index < -0.39 is 0 Å². The zero-order chi connectivity index (χ0) is 14.4. The first kappa shape index (κ1) is 15.0. The summed E-state index contributed by atoms with van der Waals surface area (Å²) in [7, 11) is 0. The molecular weight excluding hydrogens is 252 g/mol. The monoisotopic (exact) mass is 276 g/mol. The van der Waals surface area contributed by atoms with E-state index in [4.69, 9.17) is 10.5 Å². The van der Waals surface area contributed by atoms with Crippen molar-refractivity contribution in [1.29, 1.82) is 0 Å². The summed E-state index contributed by atoms with van der Waals surface area (Å²) in [4.78, 5) is 13.4. The SMILES string of the molecule is CC(=O)Cc1ccc(OCCCN2CC[C@@H](N)C2)cc1. The van der Waals surface area contributed by atoms with Gasteiger partial charge in [-0.2, -0.15) is 0 Å². The number of ketones is 1. The molecule has 1 atom stereocenters. The second-order valence-electron chi connectivity index (χ2n) is 5.57. The van der Waals surface area contributed by atoms with Crippen molar-refractivity contribution >= 4 is 5.78 Å². The Morgan fingerprint density at radius 3 is 2.75 bits per heavy atom. The molecule has 0 radical (unpaired) electrons. The highest BCUT2D eigenvalue weighted by Crippen LogP contribution is 2.13. The van der Waals surface area contributed by atoms with Gasteiger partial charge in [-0.3, -0.25) is 4.79 Å². The highest BCUT2D eigenvalue weighted by atomic mass is 16.5. The number of nitrogens with two attached hydrogens (primary N) is 1. The van der Waals surface area contributed by atoms with Crippen molar-refractivity contribution in [3.8, 4) is 5.75 Å². The average Bonchev–Trinajstić information content (AvgIpc) is 2.82. The third kappa shape index (κ3) is 4.94. The van der Waals surface area contributed by atoms with Gasteiger partial charge in [0.1, 0.15) is 11.5 Å². The van der Waals surface area contributed by atoms with Crippen LogP contribution in [0.4, 0.5) is 0 Å². The molecule has 2 N–H and O–H groups in total. The van der Waals surface area contributed by atoms with Crippen LogP contribution in [0.15, 0.2) is 24.3 Å². The lowest BCUT2D eigenvalue weighted by Gasteiger charge is -2.15. The molecule has 1 fully saturated rings. The summed E-state index contributed by atoms with van der Waals surface area (Å²) in [6.07, 6.45) is 2.62. The van der Waals surface area contributed by atoms with E-state index in [2.05, 4.69) is 4.90 Å². The summed E-state index contributed by atoms with van der Waals surface area (Å²) in [6.45, 7) is 5.50. The molecule has 1 aromatic carbocycles. The fraction of sp³-hybridized carbons (Fsp3) is 0.562. The lowest BCUT2D eigenvalue weighted by Crippen LogP contribution is -2.28. The van der Waals surface area contributed by atoms with Gasteiger partial charge >= 0.3 is 0 Å². The summed E-state index contributed by atoms with van der Waals surface area (Å²) >= 11 is 0. The third-order valence-electron chi connectivity index (χ3n) is 3.57. The minimum atomic E-state index is 0.183. The number of nitrogens with zero attached hydrogens (tertiary/aromatic N) is 1. The molecule has 1 aliphatic rings. The van der Waals surface area contributed by atoms with E-state index in [0.717, 1.165) is 50.4 Å². The predicted octanol–water partition coefficient (Wildman–Crippen LogP) is 1.62. The fourth-order valence-electron chi connectivity index (χ4n) is 2.53. The van der Waals surface area contributed by atoms with E-state index >= 15 is 0 Å². The van der Waals surface area contributed by atoms with Gasteiger partial charge in [-0.25, -0.2) is 0 Å². The number of carbonyl (C=O) groups excluding carboxylic acids is 1. The van der Waals surface area contributed by atoms with Crippen molar-refractivity contribution in [3.63, 3.8) is 0 Å². The van der Waals surface area contributed by atoms with E-state index in [0.29, 0.717) is 12.5 Å². The van der Waals surface area contributed by atoms with Crippen LogP contribution in [-0.2, 0) is 11.2 Å². The van der Waals surface area contributed by atoms with Crippen LogP contribution < -0.4 is 10.5 Å². The van der Waals surface area contributed by atoms with Gasteiger partial charge in [0.15, 0.2) is 0 Å². The van der Waals surface area contributed by atoms with Crippen LogP contribution in [0.25, 0.3) is 0 Å². The van der Waals surface area contributed by atoms with Crippen LogP contribution in [0, 0.1) is 0 Å². The lowest BCUT2D eigenvalue weighted by atomic mass is 10.1. The number of hydrogen-bond acceptors (Lipinski definition) is 4. The minimum Gasteiger partial charge on any atom is -0.494 e. The molecule has 4 heteroatoms. The number of ether oxygens (including phenoxy) is 1. The number of hydrogen-bond donors (Lipinski definition) is 1. The van der Waals surface area contributed by atoms with Gasteiger partial charge in [0, 0.05) is 25.6 Å². The van der Waals surface area contributed by atoms with Gasteiger partial charge in [0.2, 0.25) is 0 Å². The smallest absolute Gasteiger partial charge is 0.134 e. The second-order valence-corrected chi connectivity index (χ2v) is 5.57. The molecule has 1 heterocycles. The Morgan fingerprint density at radius 2 is 2.15 bits per heavy atom. The maximum atomic E-state index is 11.0. The molecule has 0 unspecified atom stereocenters. The van der Waals surface area contributed by atoms with Crippen molar-refractivity contribution in [3.05, 3.63) is 29.8 Å². The first-order chi connectivity index (χ1) is 9.63. The van der Waals surface area contributed by atoms with Crippen LogP contribution in [-0.4, -0.2) is 43.0 Å². The maximum absolute atomic E-state index is 11.0. The normalized spacial score (nSPS) is 19.2. The molecule has 4 nitrogen and oxygen atoms in total. The second kappa shape index (κ2) is 7.41. The lowest BCUT2D eigenvalue weighted by molar-refractivity contribution is -0.116. The zero-order valence-electron chi connectivity index (χ0n) is 12.2. The quantitative estimate of drug-likeness (QED) is 0.769. The molecule has 20 heavy (non-hydrogen) atoms. The molecule has 0 amide bonds. The molecule has 1 saturated heterocycles. The van der Waals surface area contributed by atoms with Crippen molar-refractivity contribution in [2.45, 2.75) is 32.2 Å². The Kier molecular flexibility index (Phi) is 5.56. The summed E-state index contributed by atoms with van der Waals surface area (Å²) in [5.74, 6) is 1.05. The zero-order valence-corrected chi connectivity index (χ0v) is 12.2. The van der Waals surface area contributed by atoms with E-state index in [1.165, 1.54) is 0 Å². The highest BCUT2D eigenvalue weighted by molar-refractivity contribution is 5.78. The van der Waals surface area contributed by atoms with E-state index in [1.807, 2.05) is 24.3 Å².